The molecule has 5 nitrogen and oxygen atoms in total. The first-order valence-corrected chi connectivity index (χ1v) is 12.7. The lowest BCUT2D eigenvalue weighted by molar-refractivity contribution is 0.256. The van der Waals surface area contributed by atoms with Gasteiger partial charge >= 0.3 is 6.03 Å². The van der Waals surface area contributed by atoms with Gasteiger partial charge < -0.3 is 15.8 Å². The number of hydrogen-bond donors (Lipinski definition) is 2. The number of carbonyl (C=O) groups is 1. The van der Waals surface area contributed by atoms with Gasteiger partial charge in [-0.25, -0.2) is 4.79 Å². The highest BCUT2D eigenvalue weighted by atomic mass is 35.5. The molecule has 0 aliphatic carbocycles. The summed E-state index contributed by atoms with van der Waals surface area (Å²) in [6, 6.07) is 15.9. The van der Waals surface area contributed by atoms with E-state index < -0.39 is 0 Å². The van der Waals surface area contributed by atoms with E-state index in [9.17, 15) is 4.79 Å². The van der Waals surface area contributed by atoms with E-state index in [0.717, 1.165) is 40.2 Å². The molecule has 0 bridgehead atoms. The van der Waals surface area contributed by atoms with Crippen LogP contribution in [0.2, 0.25) is 5.02 Å². The number of ether oxygens (including phenoxy) is 1. The van der Waals surface area contributed by atoms with Crippen LogP contribution in [0.3, 0.4) is 0 Å². The molecule has 0 aromatic heterocycles. The van der Waals surface area contributed by atoms with Crippen LogP contribution < -0.4 is 20.7 Å². The van der Waals surface area contributed by atoms with Crippen LogP contribution in [-0.2, 0) is 25.8 Å². The quantitative estimate of drug-likeness (QED) is 0.339. The van der Waals surface area contributed by atoms with Crippen molar-refractivity contribution in [3.05, 3.63) is 81.4 Å². The molecule has 0 atom stereocenters. The van der Waals surface area contributed by atoms with E-state index >= 15 is 0 Å². The molecule has 4 rings (SSSR count). The molecule has 0 unspecified atom stereocenters. The molecule has 3 aromatic carbocycles. The number of amides is 2. The van der Waals surface area contributed by atoms with Gasteiger partial charge in [-0.15, -0.1) is 0 Å². The first-order chi connectivity index (χ1) is 16.8. The molecule has 3 N–H and O–H groups in total. The maximum Gasteiger partial charge on any atom is 0.326 e. The van der Waals surface area contributed by atoms with Crippen LogP contribution in [-0.4, -0.2) is 12.6 Å². The molecule has 35 heavy (non-hydrogen) atoms. The second-order valence-electron chi connectivity index (χ2n) is 9.29. The van der Waals surface area contributed by atoms with Gasteiger partial charge in [-0.2, -0.15) is 0 Å². The Morgan fingerprint density at radius 1 is 1.09 bits per heavy atom. The molecule has 0 spiro atoms. The predicted molar refractivity (Wildman–Crippen MR) is 146 cm³/mol. The van der Waals surface area contributed by atoms with Crippen LogP contribution in [0.15, 0.2) is 48.5 Å². The molecule has 1 heterocycles. The van der Waals surface area contributed by atoms with E-state index in [4.69, 9.17) is 22.1 Å². The summed E-state index contributed by atoms with van der Waals surface area (Å²) in [5, 5.41) is 3.74. The molecule has 6 heteroatoms. The molecule has 0 saturated heterocycles. The summed E-state index contributed by atoms with van der Waals surface area (Å²) in [6.45, 7) is 9.52. The van der Waals surface area contributed by atoms with Gasteiger partial charge in [-0.05, 0) is 70.8 Å². The number of anilines is 3. The Hall–Kier alpha value is -3.18. The van der Waals surface area contributed by atoms with E-state index in [1.165, 1.54) is 11.1 Å². The minimum absolute atomic E-state index is 0.217. The van der Waals surface area contributed by atoms with Crippen LogP contribution in [0.25, 0.3) is 0 Å². The Labute approximate surface area is 213 Å². The van der Waals surface area contributed by atoms with Gasteiger partial charge in [0, 0.05) is 22.8 Å². The maximum absolute atomic E-state index is 13.8. The topological polar surface area (TPSA) is 67.6 Å². The smallest absolute Gasteiger partial charge is 0.326 e. The number of fused-ring (bicyclic) bond motifs is 1. The molecule has 3 aromatic rings. The SMILES string of the molecule is CCc1c(N)cc(Cl)c(CC)c1NC(=O)N(Cc1ccc2c(c1)CCO2)c1ccc(C(C)C)cc1. The standard InChI is InChI=1S/C29H34ClN3O2/c1-5-23-25(30)16-26(31)24(6-2)28(23)32-29(34)33(22-10-8-20(9-11-22)18(3)4)17-19-7-12-27-21(15-19)13-14-35-27/h7-12,15-16,18H,5-6,13-14,17,31H2,1-4H3,(H,32,34). The summed E-state index contributed by atoms with van der Waals surface area (Å²) in [6.07, 6.45) is 2.27. The average Bonchev–Trinajstić information content (AvgIpc) is 3.30. The van der Waals surface area contributed by atoms with Gasteiger partial charge in [0.2, 0.25) is 0 Å². The monoisotopic (exact) mass is 491 g/mol. The lowest BCUT2D eigenvalue weighted by Gasteiger charge is -2.26. The summed E-state index contributed by atoms with van der Waals surface area (Å²) in [7, 11) is 0. The van der Waals surface area contributed by atoms with Crippen molar-refractivity contribution in [2.24, 2.45) is 0 Å². The Bertz CT molecular complexity index is 1190. The number of nitrogens with one attached hydrogen (secondary N) is 1. The van der Waals surface area contributed by atoms with Gasteiger partial charge in [-0.3, -0.25) is 4.90 Å². The Balaban J connectivity index is 1.71. The molecule has 1 aliphatic rings. The first-order valence-electron chi connectivity index (χ1n) is 12.3. The first kappa shape index (κ1) is 24.9. The van der Waals surface area contributed by atoms with Crippen LogP contribution in [0.4, 0.5) is 21.9 Å². The van der Waals surface area contributed by atoms with Crippen LogP contribution in [0.1, 0.15) is 61.4 Å². The third-order valence-electron chi connectivity index (χ3n) is 6.67. The Morgan fingerprint density at radius 2 is 1.80 bits per heavy atom. The van der Waals surface area contributed by atoms with Crippen molar-refractivity contribution >= 4 is 34.7 Å². The van der Waals surface area contributed by atoms with Gasteiger partial charge in [0.25, 0.3) is 0 Å². The van der Waals surface area contributed by atoms with Crippen molar-refractivity contribution < 1.29 is 9.53 Å². The molecule has 0 radical (unpaired) electrons. The average molecular weight is 492 g/mol. The molecular weight excluding hydrogens is 458 g/mol. The number of hydrogen-bond acceptors (Lipinski definition) is 3. The highest BCUT2D eigenvalue weighted by Crippen LogP contribution is 2.35. The van der Waals surface area contributed by atoms with E-state index in [-0.39, 0.29) is 6.03 Å². The zero-order valence-electron chi connectivity index (χ0n) is 21.0. The largest absolute Gasteiger partial charge is 0.493 e. The highest BCUT2D eigenvalue weighted by molar-refractivity contribution is 6.32. The number of halogens is 1. The molecule has 184 valence electrons. The third kappa shape index (κ3) is 5.25. The number of benzene rings is 3. The minimum Gasteiger partial charge on any atom is -0.493 e. The number of nitrogens with two attached hydrogens (primary N) is 1. The molecule has 1 aliphatic heterocycles. The normalized spacial score (nSPS) is 12.4. The number of rotatable bonds is 7. The van der Waals surface area contributed by atoms with Crippen LogP contribution >= 0.6 is 11.6 Å². The molecule has 0 fully saturated rings. The van der Waals surface area contributed by atoms with Gasteiger partial charge in [0.1, 0.15) is 5.75 Å². The molecular formula is C29H34ClN3O2. The van der Waals surface area contributed by atoms with Crippen LogP contribution in [0.5, 0.6) is 5.75 Å². The van der Waals surface area contributed by atoms with Gasteiger partial charge in [0.15, 0.2) is 0 Å². The number of urea groups is 1. The van der Waals surface area contributed by atoms with Crippen molar-refractivity contribution in [1.82, 2.24) is 0 Å². The lowest BCUT2D eigenvalue weighted by atomic mass is 10.0. The van der Waals surface area contributed by atoms with Crippen molar-refractivity contribution in [3.63, 3.8) is 0 Å². The van der Waals surface area contributed by atoms with Gasteiger partial charge in [0.05, 0.1) is 18.8 Å². The summed E-state index contributed by atoms with van der Waals surface area (Å²) in [5.41, 5.74) is 13.7. The van der Waals surface area contributed by atoms with E-state index in [1.54, 1.807) is 11.0 Å². The fourth-order valence-electron chi connectivity index (χ4n) is 4.65. The number of carbonyl (C=O) groups excluding carboxylic acids is 1. The van der Waals surface area contributed by atoms with E-state index in [2.05, 4.69) is 37.4 Å². The summed E-state index contributed by atoms with van der Waals surface area (Å²) >= 11 is 6.52. The summed E-state index contributed by atoms with van der Waals surface area (Å²) < 4.78 is 5.66. The second kappa shape index (κ2) is 10.6. The van der Waals surface area contributed by atoms with Crippen molar-refractivity contribution in [2.45, 2.75) is 59.4 Å². The summed E-state index contributed by atoms with van der Waals surface area (Å²) in [4.78, 5) is 15.6. The fourth-order valence-corrected chi connectivity index (χ4v) is 4.99. The highest BCUT2D eigenvalue weighted by Gasteiger charge is 2.22. The van der Waals surface area contributed by atoms with Crippen molar-refractivity contribution in [2.75, 3.05) is 22.6 Å². The minimum atomic E-state index is -0.217. The Morgan fingerprint density at radius 3 is 2.46 bits per heavy atom. The molecule has 2 amide bonds. The van der Waals surface area contributed by atoms with Crippen LogP contribution in [0, 0.1) is 0 Å². The van der Waals surface area contributed by atoms with Gasteiger partial charge in [-0.1, -0.05) is 63.6 Å². The van der Waals surface area contributed by atoms with E-state index in [0.29, 0.717) is 42.6 Å². The summed E-state index contributed by atoms with van der Waals surface area (Å²) in [5.74, 6) is 1.34. The van der Waals surface area contributed by atoms with Crippen molar-refractivity contribution in [3.8, 4) is 5.75 Å². The number of nitrogen functional groups attached to an aromatic ring is 1. The maximum atomic E-state index is 13.8. The second-order valence-corrected chi connectivity index (χ2v) is 9.70. The fraction of sp³-hybridized carbons (Fsp3) is 0.345. The lowest BCUT2D eigenvalue weighted by Crippen LogP contribution is -2.35. The predicted octanol–water partition coefficient (Wildman–Crippen LogP) is 7.34. The zero-order valence-corrected chi connectivity index (χ0v) is 21.7. The third-order valence-corrected chi connectivity index (χ3v) is 7.01. The molecule has 0 saturated carbocycles. The van der Waals surface area contributed by atoms with Crippen molar-refractivity contribution in [1.29, 1.82) is 0 Å². The zero-order chi connectivity index (χ0) is 25.1. The van der Waals surface area contributed by atoms with E-state index in [1.807, 2.05) is 38.1 Å². The Kier molecular flexibility index (Phi) is 7.56. The number of nitrogens with zero attached hydrogens (tertiary/aromatic N) is 1.